The lowest BCUT2D eigenvalue weighted by atomic mass is 10.2. The first kappa shape index (κ1) is 14.8. The Hall–Kier alpha value is -1.62. The molecule has 2 rings (SSSR count). The highest BCUT2D eigenvalue weighted by Crippen LogP contribution is 2.09. The molecular formula is C15H25N5. The highest BCUT2D eigenvalue weighted by molar-refractivity contribution is 5.11. The zero-order valence-electron chi connectivity index (χ0n) is 12.9. The van der Waals surface area contributed by atoms with E-state index in [2.05, 4.69) is 66.1 Å². The summed E-state index contributed by atoms with van der Waals surface area (Å²) in [4.78, 5) is 4.34. The molecule has 0 saturated heterocycles. The Labute approximate surface area is 121 Å². The van der Waals surface area contributed by atoms with Crippen LogP contribution in [0.5, 0.6) is 0 Å². The van der Waals surface area contributed by atoms with Crippen LogP contribution in [-0.4, -0.2) is 25.9 Å². The maximum atomic E-state index is 4.34. The van der Waals surface area contributed by atoms with E-state index in [0.717, 1.165) is 25.5 Å². The first-order valence-corrected chi connectivity index (χ1v) is 7.30. The maximum Gasteiger partial charge on any atom is 0.147 e. The van der Waals surface area contributed by atoms with E-state index < -0.39 is 0 Å². The summed E-state index contributed by atoms with van der Waals surface area (Å²) in [5.41, 5.74) is 1.31. The molecule has 0 radical (unpaired) electrons. The van der Waals surface area contributed by atoms with Crippen molar-refractivity contribution in [1.29, 1.82) is 0 Å². The molecule has 0 amide bonds. The molecule has 0 atom stereocenters. The van der Waals surface area contributed by atoms with Gasteiger partial charge in [-0.1, -0.05) is 13.8 Å². The largest absolute Gasteiger partial charge is 0.346 e. The zero-order valence-corrected chi connectivity index (χ0v) is 12.9. The van der Waals surface area contributed by atoms with Gasteiger partial charge in [0.2, 0.25) is 0 Å². The average molecular weight is 275 g/mol. The Kier molecular flexibility index (Phi) is 4.95. The van der Waals surface area contributed by atoms with Crippen LogP contribution in [0.25, 0.3) is 0 Å². The molecule has 0 aromatic carbocycles. The fourth-order valence-corrected chi connectivity index (χ4v) is 2.18. The van der Waals surface area contributed by atoms with Crippen LogP contribution in [0.1, 0.15) is 45.1 Å². The van der Waals surface area contributed by atoms with Gasteiger partial charge in [-0.2, -0.15) is 5.10 Å². The van der Waals surface area contributed by atoms with Gasteiger partial charge in [-0.15, -0.1) is 0 Å². The Morgan fingerprint density at radius 2 is 2.05 bits per heavy atom. The topological polar surface area (TPSA) is 47.7 Å². The fraction of sp³-hybridized carbons (Fsp3) is 0.600. The molecule has 0 spiro atoms. The number of hydrogen-bond donors (Lipinski definition) is 1. The SMILES string of the molecule is CC(C)CNCc1ccn(Cc2ncnn2C(C)C)c1. The van der Waals surface area contributed by atoms with Gasteiger partial charge in [-0.3, -0.25) is 0 Å². The molecule has 0 fully saturated rings. The van der Waals surface area contributed by atoms with Crippen LogP contribution in [0.4, 0.5) is 0 Å². The number of hydrogen-bond acceptors (Lipinski definition) is 3. The quantitative estimate of drug-likeness (QED) is 0.844. The molecule has 20 heavy (non-hydrogen) atoms. The van der Waals surface area contributed by atoms with Crippen molar-refractivity contribution in [2.24, 2.45) is 5.92 Å². The predicted octanol–water partition coefficient (Wildman–Crippen LogP) is 2.45. The summed E-state index contributed by atoms with van der Waals surface area (Å²) in [5, 5.41) is 7.72. The number of nitrogens with zero attached hydrogens (tertiary/aromatic N) is 4. The van der Waals surface area contributed by atoms with Crippen LogP contribution in [0.15, 0.2) is 24.8 Å². The molecular weight excluding hydrogens is 250 g/mol. The molecule has 0 saturated carbocycles. The van der Waals surface area contributed by atoms with Crippen molar-refractivity contribution < 1.29 is 0 Å². The standard InChI is InChI=1S/C15H25N5/c1-12(2)7-16-8-14-5-6-19(9-14)10-15-17-11-18-20(15)13(3)4/h5-6,9,11-13,16H,7-8,10H2,1-4H3. The summed E-state index contributed by atoms with van der Waals surface area (Å²) in [5.74, 6) is 1.68. The summed E-state index contributed by atoms with van der Waals surface area (Å²) in [7, 11) is 0. The van der Waals surface area contributed by atoms with Crippen LogP contribution < -0.4 is 5.32 Å². The highest BCUT2D eigenvalue weighted by Gasteiger charge is 2.08. The number of nitrogens with one attached hydrogen (secondary N) is 1. The Balaban J connectivity index is 1.94. The van der Waals surface area contributed by atoms with E-state index in [1.807, 2.05) is 4.68 Å². The van der Waals surface area contributed by atoms with E-state index in [9.17, 15) is 0 Å². The predicted molar refractivity (Wildman–Crippen MR) is 80.5 cm³/mol. The molecule has 0 aliphatic carbocycles. The van der Waals surface area contributed by atoms with Crippen LogP contribution in [0.3, 0.4) is 0 Å². The second kappa shape index (κ2) is 6.70. The van der Waals surface area contributed by atoms with Gasteiger partial charge in [-0.25, -0.2) is 9.67 Å². The van der Waals surface area contributed by atoms with Crippen molar-refractivity contribution in [3.8, 4) is 0 Å². The lowest BCUT2D eigenvalue weighted by molar-refractivity contribution is 0.496. The molecule has 5 heteroatoms. The van der Waals surface area contributed by atoms with Gasteiger partial charge in [0.15, 0.2) is 0 Å². The van der Waals surface area contributed by atoms with Gasteiger partial charge in [0.25, 0.3) is 0 Å². The first-order chi connectivity index (χ1) is 9.56. The summed E-state index contributed by atoms with van der Waals surface area (Å²) >= 11 is 0. The molecule has 110 valence electrons. The molecule has 2 aromatic rings. The van der Waals surface area contributed by atoms with Gasteiger partial charge >= 0.3 is 0 Å². The van der Waals surface area contributed by atoms with Crippen molar-refractivity contribution in [3.63, 3.8) is 0 Å². The third kappa shape index (κ3) is 3.93. The molecule has 0 bridgehead atoms. The molecule has 0 aliphatic rings. The lowest BCUT2D eigenvalue weighted by Crippen LogP contribution is -2.18. The van der Waals surface area contributed by atoms with Crippen LogP contribution >= 0.6 is 0 Å². The van der Waals surface area contributed by atoms with Crippen molar-refractivity contribution in [1.82, 2.24) is 24.6 Å². The second-order valence-electron chi connectivity index (χ2n) is 5.93. The van der Waals surface area contributed by atoms with Gasteiger partial charge < -0.3 is 9.88 Å². The minimum atomic E-state index is 0.343. The molecule has 0 aliphatic heterocycles. The third-order valence-corrected chi connectivity index (χ3v) is 3.15. The molecule has 2 aromatic heterocycles. The smallest absolute Gasteiger partial charge is 0.147 e. The molecule has 1 N–H and O–H groups in total. The Morgan fingerprint density at radius 3 is 2.75 bits per heavy atom. The summed E-state index contributed by atoms with van der Waals surface area (Å²) in [6.45, 7) is 11.4. The van der Waals surface area contributed by atoms with Crippen LogP contribution in [-0.2, 0) is 13.1 Å². The van der Waals surface area contributed by atoms with Crippen LogP contribution in [0, 0.1) is 5.92 Å². The van der Waals surface area contributed by atoms with Crippen molar-refractivity contribution in [2.75, 3.05) is 6.54 Å². The Morgan fingerprint density at radius 1 is 1.25 bits per heavy atom. The minimum Gasteiger partial charge on any atom is -0.346 e. The first-order valence-electron chi connectivity index (χ1n) is 7.30. The number of aromatic nitrogens is 4. The molecule has 2 heterocycles. The molecule has 5 nitrogen and oxygen atoms in total. The fourth-order valence-electron chi connectivity index (χ4n) is 2.18. The average Bonchev–Trinajstić information content (AvgIpc) is 2.99. The van der Waals surface area contributed by atoms with E-state index in [1.54, 1.807) is 6.33 Å². The van der Waals surface area contributed by atoms with E-state index in [0.29, 0.717) is 12.0 Å². The van der Waals surface area contributed by atoms with E-state index >= 15 is 0 Å². The van der Waals surface area contributed by atoms with Crippen molar-refractivity contribution in [3.05, 3.63) is 36.2 Å². The summed E-state index contributed by atoms with van der Waals surface area (Å²) in [6.07, 6.45) is 5.91. The van der Waals surface area contributed by atoms with Gasteiger partial charge in [0.05, 0.1) is 6.54 Å². The van der Waals surface area contributed by atoms with E-state index in [1.165, 1.54) is 5.56 Å². The van der Waals surface area contributed by atoms with Gasteiger partial charge in [-0.05, 0) is 37.9 Å². The number of rotatable bonds is 7. The Bertz CT molecular complexity index is 524. The molecule has 0 unspecified atom stereocenters. The van der Waals surface area contributed by atoms with E-state index in [-0.39, 0.29) is 0 Å². The summed E-state index contributed by atoms with van der Waals surface area (Å²) < 4.78 is 4.13. The monoisotopic (exact) mass is 275 g/mol. The third-order valence-electron chi connectivity index (χ3n) is 3.15. The lowest BCUT2D eigenvalue weighted by Gasteiger charge is -2.09. The van der Waals surface area contributed by atoms with Crippen molar-refractivity contribution >= 4 is 0 Å². The zero-order chi connectivity index (χ0) is 14.5. The van der Waals surface area contributed by atoms with Gasteiger partial charge in [0.1, 0.15) is 12.2 Å². The van der Waals surface area contributed by atoms with Crippen LogP contribution in [0.2, 0.25) is 0 Å². The highest BCUT2D eigenvalue weighted by atomic mass is 15.4. The normalized spacial score (nSPS) is 11.7. The summed E-state index contributed by atoms with van der Waals surface area (Å²) in [6, 6.07) is 2.50. The van der Waals surface area contributed by atoms with Crippen molar-refractivity contribution in [2.45, 2.75) is 46.8 Å². The van der Waals surface area contributed by atoms with E-state index in [4.69, 9.17) is 0 Å². The van der Waals surface area contributed by atoms with Gasteiger partial charge in [0, 0.05) is 25.0 Å². The second-order valence-corrected chi connectivity index (χ2v) is 5.93. The maximum absolute atomic E-state index is 4.34. The minimum absolute atomic E-state index is 0.343.